The molecule has 0 aliphatic heterocycles. The lowest BCUT2D eigenvalue weighted by atomic mass is 9.93. The van der Waals surface area contributed by atoms with Crippen LogP contribution in [0.2, 0.25) is 0 Å². The molecule has 0 radical (unpaired) electrons. The molecule has 1 unspecified atom stereocenters. The normalized spacial score (nSPS) is 11.8. The summed E-state index contributed by atoms with van der Waals surface area (Å²) in [5.74, 6) is 0. The van der Waals surface area contributed by atoms with Gasteiger partial charge in [0, 0.05) is 5.16 Å². The molecule has 0 saturated heterocycles. The molecule has 0 spiro atoms. The first kappa shape index (κ1) is 19.7. The molecule has 0 amide bonds. The van der Waals surface area contributed by atoms with Crippen molar-refractivity contribution in [3.63, 3.8) is 0 Å². The third kappa shape index (κ3) is 8.33. The molecule has 1 rings (SSSR count). The van der Waals surface area contributed by atoms with Gasteiger partial charge in [0.2, 0.25) is 0 Å². The molecule has 0 heterocycles. The summed E-state index contributed by atoms with van der Waals surface area (Å²) >= 11 is 0. The van der Waals surface area contributed by atoms with Crippen LogP contribution in [0.1, 0.15) is 96.1 Å². The SMILES string of the molecule is CCCCCCCCCCCCc1ccccc1C(C)(C)P. The summed E-state index contributed by atoms with van der Waals surface area (Å²) in [5, 5.41) is 0.190. The maximum Gasteiger partial charge on any atom is 0.00440 e. The van der Waals surface area contributed by atoms with E-state index in [0.29, 0.717) is 0 Å². The minimum Gasteiger partial charge on any atom is -0.127 e. The third-order valence-electron chi connectivity index (χ3n) is 4.51. The molecule has 1 aromatic carbocycles. The van der Waals surface area contributed by atoms with E-state index in [1.165, 1.54) is 76.2 Å². The van der Waals surface area contributed by atoms with E-state index in [0.717, 1.165) is 0 Å². The Kier molecular flexibility index (Phi) is 10.1. The second-order valence-electron chi connectivity index (χ2n) is 7.31. The van der Waals surface area contributed by atoms with Crippen LogP contribution in [-0.4, -0.2) is 0 Å². The van der Waals surface area contributed by atoms with Crippen molar-refractivity contribution in [2.45, 2.75) is 96.6 Å². The van der Waals surface area contributed by atoms with Gasteiger partial charge in [0.1, 0.15) is 0 Å². The van der Waals surface area contributed by atoms with Gasteiger partial charge in [-0.1, -0.05) is 103 Å². The van der Waals surface area contributed by atoms with Crippen LogP contribution in [0, 0.1) is 0 Å². The Balaban J connectivity index is 2.13. The smallest absolute Gasteiger partial charge is 0.00440 e. The Morgan fingerprint density at radius 2 is 1.27 bits per heavy atom. The minimum absolute atomic E-state index is 0.190. The van der Waals surface area contributed by atoms with E-state index in [1.807, 2.05) is 0 Å². The van der Waals surface area contributed by atoms with Gasteiger partial charge < -0.3 is 0 Å². The summed E-state index contributed by atoms with van der Waals surface area (Å²) < 4.78 is 0. The number of benzene rings is 1. The van der Waals surface area contributed by atoms with Gasteiger partial charge >= 0.3 is 0 Å². The van der Waals surface area contributed by atoms with Crippen molar-refractivity contribution in [3.8, 4) is 0 Å². The summed E-state index contributed by atoms with van der Waals surface area (Å²) in [6.45, 7) is 6.86. The van der Waals surface area contributed by atoms with Crippen molar-refractivity contribution in [3.05, 3.63) is 35.4 Å². The van der Waals surface area contributed by atoms with Crippen LogP contribution in [-0.2, 0) is 11.6 Å². The van der Waals surface area contributed by atoms with Crippen molar-refractivity contribution in [1.29, 1.82) is 0 Å². The van der Waals surface area contributed by atoms with E-state index >= 15 is 0 Å². The Hall–Kier alpha value is -0.350. The molecule has 0 saturated carbocycles. The van der Waals surface area contributed by atoms with Gasteiger partial charge in [0.05, 0.1) is 0 Å². The van der Waals surface area contributed by atoms with Gasteiger partial charge in [0.25, 0.3) is 0 Å². The van der Waals surface area contributed by atoms with E-state index in [1.54, 1.807) is 5.56 Å². The Labute approximate surface area is 141 Å². The average Bonchev–Trinajstić information content (AvgIpc) is 2.48. The monoisotopic (exact) mass is 320 g/mol. The lowest BCUT2D eigenvalue weighted by Crippen LogP contribution is -2.10. The predicted octanol–water partition coefficient (Wildman–Crippen LogP) is 7.26. The Bertz CT molecular complexity index is 389. The zero-order valence-electron chi connectivity index (χ0n) is 15.2. The van der Waals surface area contributed by atoms with E-state index in [9.17, 15) is 0 Å². The molecular weight excluding hydrogens is 283 g/mol. The van der Waals surface area contributed by atoms with E-state index in [4.69, 9.17) is 0 Å². The van der Waals surface area contributed by atoms with Crippen LogP contribution in [0.25, 0.3) is 0 Å². The second-order valence-corrected chi connectivity index (χ2v) is 8.75. The summed E-state index contributed by atoms with van der Waals surface area (Å²) in [6.07, 6.45) is 15.4. The number of hydrogen-bond donors (Lipinski definition) is 0. The molecule has 0 aromatic heterocycles. The van der Waals surface area contributed by atoms with Gasteiger partial charge in [-0.05, 0) is 24.0 Å². The highest BCUT2D eigenvalue weighted by atomic mass is 31.0. The van der Waals surface area contributed by atoms with Gasteiger partial charge in [-0.15, -0.1) is 9.24 Å². The molecule has 1 heteroatoms. The predicted molar refractivity (Wildman–Crippen MR) is 105 cm³/mol. The van der Waals surface area contributed by atoms with Crippen molar-refractivity contribution in [2.24, 2.45) is 0 Å². The molecule has 0 aliphatic carbocycles. The Morgan fingerprint density at radius 3 is 1.82 bits per heavy atom. The van der Waals surface area contributed by atoms with E-state index < -0.39 is 0 Å². The summed E-state index contributed by atoms with van der Waals surface area (Å²) in [6, 6.07) is 8.96. The van der Waals surface area contributed by atoms with Crippen LogP contribution in [0.5, 0.6) is 0 Å². The largest absolute Gasteiger partial charge is 0.127 e. The van der Waals surface area contributed by atoms with Gasteiger partial charge in [-0.3, -0.25) is 0 Å². The zero-order valence-corrected chi connectivity index (χ0v) is 16.3. The summed E-state index contributed by atoms with van der Waals surface area (Å²) in [5.41, 5.74) is 3.04. The van der Waals surface area contributed by atoms with Gasteiger partial charge in [-0.25, -0.2) is 0 Å². The van der Waals surface area contributed by atoms with Crippen molar-refractivity contribution in [1.82, 2.24) is 0 Å². The number of hydrogen-bond acceptors (Lipinski definition) is 0. The molecule has 0 aliphatic rings. The van der Waals surface area contributed by atoms with Crippen molar-refractivity contribution >= 4 is 9.24 Å². The minimum atomic E-state index is 0.190. The second kappa shape index (κ2) is 11.2. The van der Waals surface area contributed by atoms with Crippen LogP contribution >= 0.6 is 9.24 Å². The highest BCUT2D eigenvalue weighted by Crippen LogP contribution is 2.33. The lowest BCUT2D eigenvalue weighted by molar-refractivity contribution is 0.555. The first-order valence-corrected chi connectivity index (χ1v) is 10.0. The highest BCUT2D eigenvalue weighted by Gasteiger charge is 2.16. The number of unbranched alkanes of at least 4 members (excludes halogenated alkanes) is 9. The van der Waals surface area contributed by atoms with Crippen molar-refractivity contribution < 1.29 is 0 Å². The molecule has 1 atom stereocenters. The first-order valence-electron chi connectivity index (χ1n) is 9.43. The summed E-state index contributed by atoms with van der Waals surface area (Å²) in [4.78, 5) is 0. The third-order valence-corrected chi connectivity index (χ3v) is 4.82. The average molecular weight is 321 g/mol. The molecule has 22 heavy (non-hydrogen) atoms. The highest BCUT2D eigenvalue weighted by molar-refractivity contribution is 7.18. The number of rotatable bonds is 12. The van der Waals surface area contributed by atoms with Crippen LogP contribution in [0.4, 0.5) is 0 Å². The van der Waals surface area contributed by atoms with Gasteiger partial charge in [0.15, 0.2) is 0 Å². The fourth-order valence-corrected chi connectivity index (χ4v) is 3.45. The standard InChI is InChI=1S/C21H37P/c1-4-5-6-7-8-9-10-11-12-13-16-19-17-14-15-18-20(19)21(2,3)22/h14-15,17-18H,4-13,16,22H2,1-3H3. The van der Waals surface area contributed by atoms with E-state index in [-0.39, 0.29) is 5.16 Å². The molecular formula is C21H37P. The molecule has 126 valence electrons. The molecule has 1 aromatic rings. The topological polar surface area (TPSA) is 0 Å². The zero-order chi connectivity index (χ0) is 16.3. The summed E-state index contributed by atoms with van der Waals surface area (Å²) in [7, 11) is 2.98. The molecule has 0 fully saturated rings. The molecule has 0 bridgehead atoms. The molecule has 0 N–H and O–H groups in total. The Morgan fingerprint density at radius 1 is 0.773 bits per heavy atom. The first-order chi connectivity index (χ1) is 10.6. The fraction of sp³-hybridized carbons (Fsp3) is 0.714. The number of aryl methyl sites for hydroxylation is 1. The molecule has 0 nitrogen and oxygen atoms in total. The quantitative estimate of drug-likeness (QED) is 0.281. The maximum absolute atomic E-state index is 2.98. The van der Waals surface area contributed by atoms with Crippen LogP contribution in [0.3, 0.4) is 0 Å². The lowest BCUT2D eigenvalue weighted by Gasteiger charge is -2.22. The maximum atomic E-state index is 2.98. The van der Waals surface area contributed by atoms with Gasteiger partial charge in [-0.2, -0.15) is 0 Å². The van der Waals surface area contributed by atoms with Crippen LogP contribution < -0.4 is 0 Å². The van der Waals surface area contributed by atoms with Crippen LogP contribution in [0.15, 0.2) is 24.3 Å². The fourth-order valence-electron chi connectivity index (χ4n) is 3.17. The van der Waals surface area contributed by atoms with E-state index in [2.05, 4.69) is 54.3 Å². The van der Waals surface area contributed by atoms with Crippen molar-refractivity contribution in [2.75, 3.05) is 0 Å².